The van der Waals surface area contributed by atoms with Gasteiger partial charge in [-0.15, -0.1) is 0 Å². The Kier molecular flexibility index (Phi) is 2.86. The first-order valence-corrected chi connectivity index (χ1v) is 4.10. The van der Waals surface area contributed by atoms with Gasteiger partial charge in [0.25, 0.3) is 0 Å². The fourth-order valence-corrected chi connectivity index (χ4v) is 1.09. The molecule has 0 unspecified atom stereocenters. The minimum absolute atomic E-state index is 0.156. The van der Waals surface area contributed by atoms with E-state index in [-0.39, 0.29) is 17.2 Å². The summed E-state index contributed by atoms with van der Waals surface area (Å²) in [4.78, 5) is 21.8. The van der Waals surface area contributed by atoms with Gasteiger partial charge in [0.1, 0.15) is 0 Å². The predicted molar refractivity (Wildman–Crippen MR) is 52.2 cm³/mol. The summed E-state index contributed by atoms with van der Waals surface area (Å²) in [6.45, 7) is 2.68. The molecule has 74 valence electrons. The average Bonchev–Trinajstić information content (AvgIpc) is 2.07. The Labute approximate surface area is 81.7 Å². The van der Waals surface area contributed by atoms with Crippen LogP contribution in [0.15, 0.2) is 18.2 Å². The van der Waals surface area contributed by atoms with Gasteiger partial charge in [-0.1, -0.05) is 6.07 Å². The quantitative estimate of drug-likeness (QED) is 0.333. The van der Waals surface area contributed by atoms with Gasteiger partial charge in [-0.25, -0.2) is 0 Å². The number of hydrogen-bond donors (Lipinski definition) is 1. The average molecular weight is 193 g/mol. The van der Waals surface area contributed by atoms with Crippen molar-refractivity contribution >= 4 is 17.4 Å². The number of Topliss-reactive ketones (excluding diaryl/α,β-unsaturated/α-hetero) is 1. The minimum Gasteiger partial charge on any atom is -0.424 e. The monoisotopic (exact) mass is 193 g/mol. The Morgan fingerprint density at radius 1 is 1.29 bits per heavy atom. The minimum atomic E-state index is -0.461. The lowest BCUT2D eigenvalue weighted by Gasteiger charge is -2.07. The van der Waals surface area contributed by atoms with Crippen LogP contribution in [0.4, 0.5) is 5.69 Å². The van der Waals surface area contributed by atoms with E-state index in [4.69, 9.17) is 10.5 Å². The normalized spacial score (nSPS) is 9.57. The van der Waals surface area contributed by atoms with Crippen molar-refractivity contribution in [2.24, 2.45) is 0 Å². The molecule has 1 aromatic rings. The molecule has 0 saturated carbocycles. The smallest absolute Gasteiger partial charge is 0.308 e. The van der Waals surface area contributed by atoms with Crippen molar-refractivity contribution in [3.63, 3.8) is 0 Å². The Morgan fingerprint density at radius 3 is 2.43 bits per heavy atom. The summed E-state index contributed by atoms with van der Waals surface area (Å²) in [5.41, 5.74) is 6.20. The van der Waals surface area contributed by atoms with Crippen molar-refractivity contribution in [2.45, 2.75) is 13.8 Å². The molecule has 1 aromatic carbocycles. The maximum absolute atomic E-state index is 11.1. The number of esters is 1. The lowest BCUT2D eigenvalue weighted by Crippen LogP contribution is -2.07. The predicted octanol–water partition coefficient (Wildman–Crippen LogP) is 1.40. The molecule has 4 nitrogen and oxygen atoms in total. The fourth-order valence-electron chi connectivity index (χ4n) is 1.09. The van der Waals surface area contributed by atoms with E-state index in [0.717, 1.165) is 0 Å². The third kappa shape index (κ3) is 2.10. The van der Waals surface area contributed by atoms with Crippen molar-refractivity contribution in [3.05, 3.63) is 23.8 Å². The van der Waals surface area contributed by atoms with Crippen molar-refractivity contribution in [3.8, 4) is 5.75 Å². The van der Waals surface area contributed by atoms with Crippen LogP contribution in [0.2, 0.25) is 0 Å². The molecule has 0 radical (unpaired) electrons. The first-order chi connectivity index (χ1) is 6.52. The Hall–Kier alpha value is -1.84. The molecule has 2 N–H and O–H groups in total. The highest BCUT2D eigenvalue weighted by molar-refractivity contribution is 6.00. The number of rotatable bonds is 2. The van der Waals surface area contributed by atoms with Crippen molar-refractivity contribution in [2.75, 3.05) is 5.73 Å². The highest BCUT2D eigenvalue weighted by Gasteiger charge is 2.10. The number of carbonyl (C=O) groups is 2. The van der Waals surface area contributed by atoms with Gasteiger partial charge in [-0.3, -0.25) is 9.59 Å². The number of nitrogens with two attached hydrogens (primary N) is 1. The van der Waals surface area contributed by atoms with Crippen LogP contribution in [-0.4, -0.2) is 11.8 Å². The number of nitrogen functional groups attached to an aromatic ring is 1. The second-order valence-electron chi connectivity index (χ2n) is 2.87. The molecular weight excluding hydrogens is 182 g/mol. The molecule has 0 fully saturated rings. The van der Waals surface area contributed by atoms with E-state index in [1.165, 1.54) is 13.8 Å². The van der Waals surface area contributed by atoms with Gasteiger partial charge in [0, 0.05) is 12.5 Å². The molecule has 0 bridgehead atoms. The van der Waals surface area contributed by atoms with Crippen LogP contribution in [0.5, 0.6) is 5.75 Å². The van der Waals surface area contributed by atoms with E-state index in [2.05, 4.69) is 0 Å². The van der Waals surface area contributed by atoms with Crippen LogP contribution in [0.3, 0.4) is 0 Å². The third-order valence-electron chi connectivity index (χ3n) is 1.70. The number of ether oxygens (including phenoxy) is 1. The molecule has 4 heteroatoms. The van der Waals surface area contributed by atoms with Gasteiger partial charge in [0.05, 0.1) is 5.69 Å². The number of benzene rings is 1. The Balaban J connectivity index is 3.13. The van der Waals surface area contributed by atoms with Gasteiger partial charge in [-0.2, -0.15) is 0 Å². The zero-order chi connectivity index (χ0) is 10.7. The van der Waals surface area contributed by atoms with Crippen LogP contribution in [0.1, 0.15) is 24.2 Å². The summed E-state index contributed by atoms with van der Waals surface area (Å²) in [7, 11) is 0. The molecule has 0 saturated heterocycles. The molecule has 0 aliphatic carbocycles. The molecule has 14 heavy (non-hydrogen) atoms. The van der Waals surface area contributed by atoms with E-state index >= 15 is 0 Å². The highest BCUT2D eigenvalue weighted by atomic mass is 16.5. The Bertz CT molecular complexity index is 385. The van der Waals surface area contributed by atoms with Crippen molar-refractivity contribution < 1.29 is 14.3 Å². The summed E-state index contributed by atoms with van der Waals surface area (Å²) < 4.78 is 4.82. The maximum atomic E-state index is 11.1. The first-order valence-electron chi connectivity index (χ1n) is 4.10. The van der Waals surface area contributed by atoms with Gasteiger partial charge in [0.15, 0.2) is 11.5 Å². The van der Waals surface area contributed by atoms with Crippen molar-refractivity contribution in [1.82, 2.24) is 0 Å². The summed E-state index contributed by atoms with van der Waals surface area (Å²) in [5, 5.41) is 0. The fraction of sp³-hybridized carbons (Fsp3) is 0.200. The van der Waals surface area contributed by atoms with E-state index in [0.29, 0.717) is 5.56 Å². The molecule has 0 heterocycles. The van der Waals surface area contributed by atoms with Crippen LogP contribution >= 0.6 is 0 Å². The second-order valence-corrected chi connectivity index (χ2v) is 2.87. The summed E-state index contributed by atoms with van der Waals surface area (Å²) >= 11 is 0. The van der Waals surface area contributed by atoms with E-state index in [1.54, 1.807) is 18.2 Å². The standard InChI is InChI=1S/C10H11NO3/c1-6(12)8-4-3-5-9(10(8)11)14-7(2)13/h3-5H,11H2,1-2H3. The number of ketones is 1. The second kappa shape index (κ2) is 3.91. The van der Waals surface area contributed by atoms with E-state index < -0.39 is 5.97 Å². The largest absolute Gasteiger partial charge is 0.424 e. The lowest BCUT2D eigenvalue weighted by atomic mass is 10.1. The van der Waals surface area contributed by atoms with Gasteiger partial charge in [-0.05, 0) is 19.1 Å². The Morgan fingerprint density at radius 2 is 1.93 bits per heavy atom. The number of carbonyl (C=O) groups excluding carboxylic acids is 2. The number of anilines is 1. The molecule has 0 aliphatic heterocycles. The van der Waals surface area contributed by atoms with Crippen LogP contribution in [-0.2, 0) is 4.79 Å². The summed E-state index contributed by atoms with van der Waals surface area (Å²) in [6.07, 6.45) is 0. The topological polar surface area (TPSA) is 69.4 Å². The van der Waals surface area contributed by atoms with E-state index in [9.17, 15) is 9.59 Å². The molecule has 1 rings (SSSR count). The summed E-state index contributed by atoms with van der Waals surface area (Å²) in [5.74, 6) is -0.390. The highest BCUT2D eigenvalue weighted by Crippen LogP contribution is 2.25. The first kappa shape index (κ1) is 10.2. The van der Waals surface area contributed by atoms with Crippen LogP contribution < -0.4 is 10.5 Å². The van der Waals surface area contributed by atoms with Crippen molar-refractivity contribution in [1.29, 1.82) is 0 Å². The van der Waals surface area contributed by atoms with E-state index in [1.807, 2.05) is 0 Å². The van der Waals surface area contributed by atoms with Gasteiger partial charge >= 0.3 is 5.97 Å². The molecule has 0 aromatic heterocycles. The molecule has 0 amide bonds. The summed E-state index contributed by atoms with van der Waals surface area (Å²) in [6, 6.07) is 4.75. The molecule has 0 aliphatic rings. The molecule has 0 atom stereocenters. The zero-order valence-electron chi connectivity index (χ0n) is 8.03. The number of hydrogen-bond acceptors (Lipinski definition) is 4. The third-order valence-corrected chi connectivity index (χ3v) is 1.70. The van der Waals surface area contributed by atoms with Crippen LogP contribution in [0, 0.1) is 0 Å². The number of para-hydroxylation sites is 1. The van der Waals surface area contributed by atoms with Gasteiger partial charge in [0.2, 0.25) is 0 Å². The zero-order valence-corrected chi connectivity index (χ0v) is 8.03. The maximum Gasteiger partial charge on any atom is 0.308 e. The SMILES string of the molecule is CC(=O)Oc1cccc(C(C)=O)c1N. The van der Waals surface area contributed by atoms with Gasteiger partial charge < -0.3 is 10.5 Å². The molecular formula is C10H11NO3. The van der Waals surface area contributed by atoms with Crippen LogP contribution in [0.25, 0.3) is 0 Å². The molecule has 0 spiro atoms. The lowest BCUT2D eigenvalue weighted by molar-refractivity contribution is -0.131.